The van der Waals surface area contributed by atoms with Gasteiger partial charge in [0.25, 0.3) is 0 Å². The van der Waals surface area contributed by atoms with Crippen LogP contribution in [0.5, 0.6) is 0 Å². The normalized spacial score (nSPS) is 28.0. The van der Waals surface area contributed by atoms with E-state index in [4.69, 9.17) is 9.47 Å². The lowest BCUT2D eigenvalue weighted by molar-refractivity contribution is -0.403. The van der Waals surface area contributed by atoms with E-state index < -0.39 is 10.7 Å². The summed E-state index contributed by atoms with van der Waals surface area (Å²) in [4.78, 5) is 9.42. The molecule has 1 saturated heterocycles. The Kier molecular flexibility index (Phi) is 2.44. The van der Waals surface area contributed by atoms with E-state index in [0.717, 1.165) is 6.20 Å². The van der Waals surface area contributed by atoms with Crippen LogP contribution in [-0.4, -0.2) is 23.4 Å². The monoisotopic (exact) mass is 173 g/mol. The van der Waals surface area contributed by atoms with Crippen LogP contribution >= 0.6 is 0 Å². The van der Waals surface area contributed by atoms with Crippen molar-refractivity contribution in [3.05, 3.63) is 22.4 Å². The van der Waals surface area contributed by atoms with Crippen LogP contribution in [0.4, 0.5) is 0 Å². The van der Waals surface area contributed by atoms with E-state index in [0.29, 0.717) is 6.61 Å². The summed E-state index contributed by atoms with van der Waals surface area (Å²) in [5, 5.41) is 9.94. The average Bonchev–Trinajstić information content (AvgIpc) is 2.26. The molecule has 0 radical (unpaired) electrons. The number of hydrogen-bond acceptors (Lipinski definition) is 4. The van der Waals surface area contributed by atoms with Crippen LogP contribution in [0.2, 0.25) is 0 Å². The Morgan fingerprint density at radius 2 is 2.33 bits per heavy atom. The molecule has 1 aliphatic heterocycles. The van der Waals surface area contributed by atoms with Crippen LogP contribution in [0, 0.1) is 10.1 Å². The molecule has 12 heavy (non-hydrogen) atoms. The molecule has 1 atom stereocenters. The molecule has 0 N–H and O–H groups in total. The fourth-order valence-corrected chi connectivity index (χ4v) is 0.977. The van der Waals surface area contributed by atoms with E-state index in [-0.39, 0.29) is 6.10 Å². The highest BCUT2D eigenvalue weighted by Gasteiger charge is 2.31. The van der Waals surface area contributed by atoms with Crippen LogP contribution in [0.1, 0.15) is 13.8 Å². The molecule has 5 heteroatoms. The SMILES string of the molecule is CC1(C)OC[C@H](/C=C/[N+](=O)[O-])O1. The first-order chi connectivity index (χ1) is 5.49. The van der Waals surface area contributed by atoms with Crippen LogP contribution in [0.25, 0.3) is 0 Å². The highest BCUT2D eigenvalue weighted by molar-refractivity contribution is 4.88. The Labute approximate surface area is 70.1 Å². The predicted molar refractivity (Wildman–Crippen MR) is 41.0 cm³/mol. The second kappa shape index (κ2) is 3.20. The third-order valence-corrected chi connectivity index (χ3v) is 1.45. The van der Waals surface area contributed by atoms with Gasteiger partial charge in [-0.25, -0.2) is 0 Å². The first-order valence-corrected chi connectivity index (χ1v) is 3.63. The predicted octanol–water partition coefficient (Wildman–Crippen LogP) is 0.928. The van der Waals surface area contributed by atoms with Gasteiger partial charge >= 0.3 is 0 Å². The molecule has 0 amide bonds. The number of nitro groups is 1. The lowest BCUT2D eigenvalue weighted by atomic mass is 10.3. The second-order valence-corrected chi connectivity index (χ2v) is 2.99. The Bertz CT molecular complexity index is 211. The third kappa shape index (κ3) is 2.60. The van der Waals surface area contributed by atoms with Crippen molar-refractivity contribution in [2.45, 2.75) is 25.7 Å². The standard InChI is InChI=1S/C7H11NO4/c1-7(2)11-5-6(12-7)3-4-8(9)10/h3-4,6H,5H2,1-2H3/b4-3+/t6-/m0/s1. The Morgan fingerprint density at radius 1 is 1.67 bits per heavy atom. The lowest BCUT2D eigenvalue weighted by Crippen LogP contribution is -2.20. The molecule has 1 fully saturated rings. The van der Waals surface area contributed by atoms with E-state index in [1.165, 1.54) is 6.08 Å². The molecule has 0 aromatic rings. The molecule has 1 rings (SSSR count). The molecule has 0 saturated carbocycles. The van der Waals surface area contributed by atoms with Crippen LogP contribution < -0.4 is 0 Å². The minimum Gasteiger partial charge on any atom is -0.347 e. The fourth-order valence-electron chi connectivity index (χ4n) is 0.977. The number of rotatable bonds is 2. The summed E-state index contributed by atoms with van der Waals surface area (Å²) in [6.07, 6.45) is 1.95. The zero-order valence-electron chi connectivity index (χ0n) is 7.02. The molecule has 0 aromatic heterocycles. The van der Waals surface area contributed by atoms with Gasteiger partial charge in [-0.05, 0) is 13.8 Å². The molecular weight excluding hydrogens is 162 g/mol. The van der Waals surface area contributed by atoms with Gasteiger partial charge in [0.2, 0.25) is 6.20 Å². The van der Waals surface area contributed by atoms with Crippen molar-refractivity contribution >= 4 is 0 Å². The maximum atomic E-state index is 9.94. The summed E-state index contributed by atoms with van der Waals surface area (Å²) in [5.74, 6) is -0.619. The topological polar surface area (TPSA) is 61.6 Å². The molecule has 0 unspecified atom stereocenters. The molecule has 0 bridgehead atoms. The van der Waals surface area contributed by atoms with Gasteiger partial charge in [0, 0.05) is 6.08 Å². The lowest BCUT2D eigenvalue weighted by Gasteiger charge is -2.15. The van der Waals surface area contributed by atoms with Gasteiger partial charge in [0.15, 0.2) is 5.79 Å². The minimum absolute atomic E-state index is 0.301. The van der Waals surface area contributed by atoms with Gasteiger partial charge in [-0.3, -0.25) is 10.1 Å². The first kappa shape index (κ1) is 9.15. The highest BCUT2D eigenvalue weighted by atomic mass is 16.7. The van der Waals surface area contributed by atoms with Crippen molar-refractivity contribution in [3.8, 4) is 0 Å². The van der Waals surface area contributed by atoms with Gasteiger partial charge in [0.05, 0.1) is 11.5 Å². The Hall–Kier alpha value is -0.940. The molecule has 68 valence electrons. The van der Waals surface area contributed by atoms with Crippen LogP contribution in [-0.2, 0) is 9.47 Å². The smallest absolute Gasteiger partial charge is 0.233 e. The van der Waals surface area contributed by atoms with E-state index in [1.54, 1.807) is 13.8 Å². The summed E-state index contributed by atoms with van der Waals surface area (Å²) in [6, 6.07) is 0. The molecule has 1 heterocycles. The van der Waals surface area contributed by atoms with Crippen molar-refractivity contribution in [1.82, 2.24) is 0 Å². The maximum absolute atomic E-state index is 9.94. The summed E-state index contributed by atoms with van der Waals surface area (Å²) in [5.41, 5.74) is 0. The van der Waals surface area contributed by atoms with Crippen molar-refractivity contribution in [2.75, 3.05) is 6.61 Å². The largest absolute Gasteiger partial charge is 0.347 e. The van der Waals surface area contributed by atoms with Crippen molar-refractivity contribution in [2.24, 2.45) is 0 Å². The summed E-state index contributed by atoms with van der Waals surface area (Å²) in [7, 11) is 0. The quantitative estimate of drug-likeness (QED) is 0.460. The minimum atomic E-state index is -0.619. The van der Waals surface area contributed by atoms with E-state index in [1.807, 2.05) is 0 Å². The zero-order chi connectivity index (χ0) is 9.19. The van der Waals surface area contributed by atoms with Gasteiger partial charge in [-0.1, -0.05) is 0 Å². The van der Waals surface area contributed by atoms with E-state index in [2.05, 4.69) is 0 Å². The molecular formula is C7H11NO4. The zero-order valence-corrected chi connectivity index (χ0v) is 7.02. The summed E-state index contributed by atoms with van der Waals surface area (Å²) < 4.78 is 10.5. The van der Waals surface area contributed by atoms with Crippen molar-refractivity contribution < 1.29 is 14.4 Å². The second-order valence-electron chi connectivity index (χ2n) is 2.99. The molecule has 0 aliphatic carbocycles. The fraction of sp³-hybridized carbons (Fsp3) is 0.714. The van der Waals surface area contributed by atoms with Crippen molar-refractivity contribution in [3.63, 3.8) is 0 Å². The Morgan fingerprint density at radius 3 is 2.75 bits per heavy atom. The van der Waals surface area contributed by atoms with E-state index >= 15 is 0 Å². The first-order valence-electron chi connectivity index (χ1n) is 3.63. The number of ether oxygens (including phenoxy) is 2. The molecule has 0 spiro atoms. The Balaban J connectivity index is 2.43. The van der Waals surface area contributed by atoms with Gasteiger partial charge in [-0.15, -0.1) is 0 Å². The van der Waals surface area contributed by atoms with E-state index in [9.17, 15) is 10.1 Å². The summed E-state index contributed by atoms with van der Waals surface area (Å²) in [6.45, 7) is 3.91. The van der Waals surface area contributed by atoms with Gasteiger partial charge < -0.3 is 9.47 Å². The van der Waals surface area contributed by atoms with Gasteiger partial charge in [-0.2, -0.15) is 0 Å². The summed E-state index contributed by atoms with van der Waals surface area (Å²) >= 11 is 0. The van der Waals surface area contributed by atoms with Crippen LogP contribution in [0.3, 0.4) is 0 Å². The highest BCUT2D eigenvalue weighted by Crippen LogP contribution is 2.22. The molecule has 5 nitrogen and oxygen atoms in total. The molecule has 0 aromatic carbocycles. The number of hydrogen-bond donors (Lipinski definition) is 0. The average molecular weight is 173 g/mol. The maximum Gasteiger partial charge on any atom is 0.233 e. The molecule has 1 aliphatic rings. The van der Waals surface area contributed by atoms with Crippen molar-refractivity contribution in [1.29, 1.82) is 0 Å². The van der Waals surface area contributed by atoms with Crippen LogP contribution in [0.15, 0.2) is 12.3 Å². The van der Waals surface area contributed by atoms with Gasteiger partial charge in [0.1, 0.15) is 6.10 Å². The third-order valence-electron chi connectivity index (χ3n) is 1.45. The number of nitrogens with zero attached hydrogens (tertiary/aromatic N) is 1.